The van der Waals surface area contributed by atoms with E-state index in [1.54, 1.807) is 0 Å². The summed E-state index contributed by atoms with van der Waals surface area (Å²) < 4.78 is 14.7. The summed E-state index contributed by atoms with van der Waals surface area (Å²) in [6, 6.07) is 10.7. The maximum Gasteiger partial charge on any atom is 0.204 e. The summed E-state index contributed by atoms with van der Waals surface area (Å²) in [4.78, 5) is 0. The lowest BCUT2D eigenvalue weighted by Gasteiger charge is -2.28. The third kappa shape index (κ3) is 5.38. The number of aryl methyl sites for hydroxylation is 1. The van der Waals surface area contributed by atoms with Crippen molar-refractivity contribution in [1.29, 1.82) is 0 Å². The van der Waals surface area contributed by atoms with Crippen LogP contribution in [0.25, 0.3) is 0 Å². The largest absolute Gasteiger partial charge is 0.465 e. The fraction of sp³-hybridized carbons (Fsp3) is 0.565. The van der Waals surface area contributed by atoms with Crippen LogP contribution in [-0.4, -0.2) is 17.0 Å². The highest BCUT2D eigenvalue weighted by Gasteiger charge is 2.21. The molecule has 1 heterocycles. The first-order valence-corrected chi connectivity index (χ1v) is 10.2. The van der Waals surface area contributed by atoms with Gasteiger partial charge in [-0.15, -0.1) is 0 Å². The van der Waals surface area contributed by atoms with Gasteiger partial charge in [-0.2, -0.15) is 0 Å². The van der Waals surface area contributed by atoms with Gasteiger partial charge in [0.2, 0.25) is 6.29 Å². The lowest BCUT2D eigenvalue weighted by atomic mass is 9.98. The maximum atomic E-state index is 6.38. The molecule has 0 N–H and O–H groups in total. The van der Waals surface area contributed by atoms with Crippen molar-refractivity contribution in [1.82, 2.24) is 4.57 Å². The second kappa shape index (κ2) is 9.27. The standard InChI is InChI=1S/C23H33NO2/c1-4-18(2)20-10-12-22(13-11-20)26-23(16-19-14-15-24(3)17-19)25-21-8-6-5-7-9-21/h10-15,17-18,21,23H,4-9,16H2,1-3H3. The van der Waals surface area contributed by atoms with Gasteiger partial charge in [0.05, 0.1) is 6.10 Å². The van der Waals surface area contributed by atoms with Gasteiger partial charge in [0.1, 0.15) is 5.75 Å². The molecule has 0 aliphatic heterocycles. The van der Waals surface area contributed by atoms with Crippen molar-refractivity contribution in [2.24, 2.45) is 7.05 Å². The summed E-state index contributed by atoms with van der Waals surface area (Å²) >= 11 is 0. The molecule has 2 aromatic rings. The highest BCUT2D eigenvalue weighted by molar-refractivity contribution is 5.29. The third-order valence-corrected chi connectivity index (χ3v) is 5.52. The molecule has 142 valence electrons. The predicted octanol–water partition coefficient (Wildman–Crippen LogP) is 5.84. The molecule has 1 aromatic carbocycles. The monoisotopic (exact) mass is 355 g/mol. The highest BCUT2D eigenvalue weighted by Crippen LogP contribution is 2.26. The second-order valence-corrected chi connectivity index (χ2v) is 7.71. The van der Waals surface area contributed by atoms with Gasteiger partial charge >= 0.3 is 0 Å². The number of rotatable bonds is 8. The van der Waals surface area contributed by atoms with Crippen molar-refractivity contribution in [2.45, 2.75) is 77.1 Å². The van der Waals surface area contributed by atoms with Gasteiger partial charge in [-0.25, -0.2) is 0 Å². The van der Waals surface area contributed by atoms with E-state index in [9.17, 15) is 0 Å². The molecule has 1 saturated carbocycles. The second-order valence-electron chi connectivity index (χ2n) is 7.71. The lowest BCUT2D eigenvalue weighted by molar-refractivity contribution is -0.127. The zero-order valence-corrected chi connectivity index (χ0v) is 16.5. The Morgan fingerprint density at radius 1 is 1.08 bits per heavy atom. The van der Waals surface area contributed by atoms with E-state index < -0.39 is 0 Å². The van der Waals surface area contributed by atoms with Crippen LogP contribution >= 0.6 is 0 Å². The van der Waals surface area contributed by atoms with Crippen LogP contribution in [0.5, 0.6) is 5.75 Å². The molecule has 3 rings (SSSR count). The van der Waals surface area contributed by atoms with Crippen molar-refractivity contribution in [3.05, 3.63) is 53.9 Å². The molecule has 0 radical (unpaired) electrons. The number of benzene rings is 1. The summed E-state index contributed by atoms with van der Waals surface area (Å²) in [6.07, 6.45) is 12.4. The van der Waals surface area contributed by atoms with Crippen molar-refractivity contribution in [2.75, 3.05) is 0 Å². The SMILES string of the molecule is CCC(C)c1ccc(OC(Cc2ccn(C)c2)OC2CCCCC2)cc1. The van der Waals surface area contributed by atoms with E-state index in [0.29, 0.717) is 12.0 Å². The summed E-state index contributed by atoms with van der Waals surface area (Å²) in [5.41, 5.74) is 2.62. The number of aromatic nitrogens is 1. The van der Waals surface area contributed by atoms with Crippen molar-refractivity contribution >= 4 is 0 Å². The van der Waals surface area contributed by atoms with E-state index in [4.69, 9.17) is 9.47 Å². The van der Waals surface area contributed by atoms with Crippen LogP contribution in [0.15, 0.2) is 42.7 Å². The number of hydrogen-bond acceptors (Lipinski definition) is 2. The van der Waals surface area contributed by atoms with Gasteiger partial charge in [-0.3, -0.25) is 0 Å². The third-order valence-electron chi connectivity index (χ3n) is 5.52. The minimum absolute atomic E-state index is 0.227. The zero-order valence-electron chi connectivity index (χ0n) is 16.5. The molecule has 0 saturated heterocycles. The number of ether oxygens (including phenoxy) is 2. The summed E-state index contributed by atoms with van der Waals surface area (Å²) in [5, 5.41) is 0. The smallest absolute Gasteiger partial charge is 0.204 e. The van der Waals surface area contributed by atoms with Gasteiger partial charge in [-0.05, 0) is 54.5 Å². The first-order chi connectivity index (χ1) is 12.6. The Kier molecular flexibility index (Phi) is 6.79. The number of nitrogens with zero attached hydrogens (tertiary/aromatic N) is 1. The topological polar surface area (TPSA) is 23.4 Å². The molecular weight excluding hydrogens is 322 g/mol. The number of hydrogen-bond donors (Lipinski definition) is 0. The maximum absolute atomic E-state index is 6.38. The Balaban J connectivity index is 1.67. The quantitative estimate of drug-likeness (QED) is 0.556. The summed E-state index contributed by atoms with van der Waals surface area (Å²) in [7, 11) is 2.05. The van der Waals surface area contributed by atoms with Crippen LogP contribution in [0.2, 0.25) is 0 Å². The van der Waals surface area contributed by atoms with E-state index in [1.807, 2.05) is 0 Å². The Morgan fingerprint density at radius 2 is 1.81 bits per heavy atom. The molecule has 0 bridgehead atoms. The van der Waals surface area contributed by atoms with Crippen LogP contribution in [0.3, 0.4) is 0 Å². The first-order valence-electron chi connectivity index (χ1n) is 10.2. The molecule has 2 atom stereocenters. The van der Waals surface area contributed by atoms with Crippen LogP contribution < -0.4 is 4.74 Å². The van der Waals surface area contributed by atoms with Gasteiger partial charge in [0.25, 0.3) is 0 Å². The highest BCUT2D eigenvalue weighted by atomic mass is 16.7. The summed E-state index contributed by atoms with van der Waals surface area (Å²) in [6.45, 7) is 4.49. The molecule has 1 aliphatic carbocycles. The van der Waals surface area contributed by atoms with E-state index in [0.717, 1.165) is 31.4 Å². The van der Waals surface area contributed by atoms with E-state index in [2.05, 4.69) is 68.2 Å². The molecule has 2 unspecified atom stereocenters. The predicted molar refractivity (Wildman–Crippen MR) is 107 cm³/mol. The normalized spacial score (nSPS) is 17.8. The van der Waals surface area contributed by atoms with Gasteiger partial charge in [0, 0.05) is 25.9 Å². The Bertz CT molecular complexity index is 655. The van der Waals surface area contributed by atoms with E-state index in [1.165, 1.54) is 30.4 Å². The van der Waals surface area contributed by atoms with Crippen molar-refractivity contribution in [3.8, 4) is 5.75 Å². The molecule has 3 heteroatoms. The Labute approximate surface area is 158 Å². The molecule has 1 aliphatic rings. The molecule has 0 spiro atoms. The van der Waals surface area contributed by atoms with Crippen LogP contribution in [0.4, 0.5) is 0 Å². The molecular formula is C23H33NO2. The van der Waals surface area contributed by atoms with E-state index >= 15 is 0 Å². The zero-order chi connectivity index (χ0) is 18.4. The fourth-order valence-electron chi connectivity index (χ4n) is 3.67. The van der Waals surface area contributed by atoms with Gasteiger partial charge < -0.3 is 14.0 Å². The summed E-state index contributed by atoms with van der Waals surface area (Å²) in [5.74, 6) is 1.48. The fourth-order valence-corrected chi connectivity index (χ4v) is 3.67. The Morgan fingerprint density at radius 3 is 2.42 bits per heavy atom. The first kappa shape index (κ1) is 19.0. The average molecular weight is 356 g/mol. The van der Waals surface area contributed by atoms with Crippen LogP contribution in [0.1, 0.15) is 69.4 Å². The molecule has 3 nitrogen and oxygen atoms in total. The van der Waals surface area contributed by atoms with Crippen molar-refractivity contribution < 1.29 is 9.47 Å². The van der Waals surface area contributed by atoms with E-state index in [-0.39, 0.29) is 6.29 Å². The molecule has 1 aromatic heterocycles. The van der Waals surface area contributed by atoms with Gasteiger partial charge in [0.15, 0.2) is 0 Å². The van der Waals surface area contributed by atoms with Crippen LogP contribution in [-0.2, 0) is 18.2 Å². The van der Waals surface area contributed by atoms with Crippen LogP contribution in [0, 0.1) is 0 Å². The lowest BCUT2D eigenvalue weighted by Crippen LogP contribution is -2.30. The average Bonchev–Trinajstić information content (AvgIpc) is 3.07. The molecule has 26 heavy (non-hydrogen) atoms. The van der Waals surface area contributed by atoms with Gasteiger partial charge in [-0.1, -0.05) is 45.2 Å². The Hall–Kier alpha value is -1.74. The molecule has 0 amide bonds. The minimum atomic E-state index is -0.227. The van der Waals surface area contributed by atoms with Crippen molar-refractivity contribution in [3.63, 3.8) is 0 Å². The minimum Gasteiger partial charge on any atom is -0.465 e. The molecule has 1 fully saturated rings.